The van der Waals surface area contributed by atoms with Gasteiger partial charge in [-0.3, -0.25) is 9.59 Å². The molecule has 1 rings (SSSR count). The summed E-state index contributed by atoms with van der Waals surface area (Å²) in [5, 5.41) is 9.02. The normalized spacial score (nSPS) is 25.5. The fourth-order valence-electron chi connectivity index (χ4n) is 2.10. The molecule has 1 aliphatic heterocycles. The van der Waals surface area contributed by atoms with Crippen LogP contribution < -0.4 is 0 Å². The van der Waals surface area contributed by atoms with Crippen molar-refractivity contribution in [1.29, 1.82) is 0 Å². The van der Waals surface area contributed by atoms with Crippen LogP contribution in [0.25, 0.3) is 0 Å². The molecule has 0 bridgehead atoms. The van der Waals surface area contributed by atoms with Crippen molar-refractivity contribution in [2.75, 3.05) is 19.8 Å². The third-order valence-electron chi connectivity index (χ3n) is 3.06. The second-order valence-corrected chi connectivity index (χ2v) is 4.05. The molecule has 0 aromatic carbocycles. The van der Waals surface area contributed by atoms with Crippen LogP contribution in [0.1, 0.15) is 26.7 Å². The molecular formula is C11H19NO4. The van der Waals surface area contributed by atoms with Crippen molar-refractivity contribution in [3.8, 4) is 0 Å². The summed E-state index contributed by atoms with van der Waals surface area (Å²) in [6.45, 7) is 4.80. The Hall–Kier alpha value is -1.10. The summed E-state index contributed by atoms with van der Waals surface area (Å²) in [6.07, 6.45) is 1.40. The van der Waals surface area contributed by atoms with Crippen LogP contribution >= 0.6 is 0 Å². The zero-order valence-corrected chi connectivity index (χ0v) is 9.81. The quantitative estimate of drug-likeness (QED) is 0.772. The van der Waals surface area contributed by atoms with E-state index >= 15 is 0 Å². The highest BCUT2D eigenvalue weighted by atomic mass is 16.5. The number of carboxylic acid groups (broad SMARTS) is 1. The van der Waals surface area contributed by atoms with Gasteiger partial charge in [-0.2, -0.15) is 0 Å². The first-order valence-electron chi connectivity index (χ1n) is 5.68. The number of nitrogens with zero attached hydrogens (tertiary/aromatic N) is 1. The molecule has 0 saturated carbocycles. The second-order valence-electron chi connectivity index (χ2n) is 4.05. The summed E-state index contributed by atoms with van der Waals surface area (Å²) in [4.78, 5) is 24.3. The Morgan fingerprint density at radius 2 is 2.19 bits per heavy atom. The van der Waals surface area contributed by atoms with Crippen LogP contribution in [-0.2, 0) is 14.3 Å². The Morgan fingerprint density at radius 1 is 1.50 bits per heavy atom. The van der Waals surface area contributed by atoms with Gasteiger partial charge in [-0.25, -0.2) is 0 Å². The molecule has 1 saturated heterocycles. The number of piperidine rings is 1. The first kappa shape index (κ1) is 13.0. The third kappa shape index (κ3) is 2.95. The second kappa shape index (κ2) is 5.84. The minimum Gasteiger partial charge on any atom is -0.481 e. The molecule has 5 nitrogen and oxygen atoms in total. The topological polar surface area (TPSA) is 66.8 Å². The maximum Gasteiger partial charge on any atom is 0.308 e. The Kier molecular flexibility index (Phi) is 4.73. The largest absolute Gasteiger partial charge is 0.481 e. The summed E-state index contributed by atoms with van der Waals surface area (Å²) >= 11 is 0. The lowest BCUT2D eigenvalue weighted by atomic mass is 9.90. The Bertz CT molecular complexity index is 267. The lowest BCUT2D eigenvalue weighted by Gasteiger charge is -2.37. The molecule has 5 heteroatoms. The molecule has 1 aliphatic rings. The van der Waals surface area contributed by atoms with Gasteiger partial charge in [-0.1, -0.05) is 0 Å². The summed E-state index contributed by atoms with van der Waals surface area (Å²) in [5.41, 5.74) is 0. The minimum atomic E-state index is -0.818. The highest BCUT2D eigenvalue weighted by molar-refractivity contribution is 5.79. The van der Waals surface area contributed by atoms with E-state index in [-0.39, 0.29) is 18.6 Å². The molecule has 0 radical (unpaired) electrons. The predicted molar refractivity (Wildman–Crippen MR) is 58.0 cm³/mol. The standard InChI is InChI=1S/C11H19NO4/c1-3-16-7-10(13)12-6-4-5-9(8(12)2)11(14)15/h8-9H,3-7H2,1-2H3,(H,14,15)/t8-,9-/m0/s1. The average molecular weight is 229 g/mol. The maximum absolute atomic E-state index is 11.7. The van der Waals surface area contributed by atoms with Crippen molar-refractivity contribution in [3.63, 3.8) is 0 Å². The Morgan fingerprint density at radius 3 is 2.75 bits per heavy atom. The number of likely N-dealkylation sites (tertiary alicyclic amines) is 1. The first-order valence-corrected chi connectivity index (χ1v) is 5.68. The van der Waals surface area contributed by atoms with Gasteiger partial charge in [-0.05, 0) is 26.7 Å². The van der Waals surface area contributed by atoms with Gasteiger partial charge in [-0.15, -0.1) is 0 Å². The van der Waals surface area contributed by atoms with Crippen molar-refractivity contribution < 1.29 is 19.4 Å². The van der Waals surface area contributed by atoms with E-state index in [1.165, 1.54) is 0 Å². The zero-order chi connectivity index (χ0) is 12.1. The molecule has 0 aromatic heterocycles. The van der Waals surface area contributed by atoms with E-state index in [1.54, 1.807) is 11.8 Å². The molecule has 1 heterocycles. The van der Waals surface area contributed by atoms with Crippen molar-refractivity contribution >= 4 is 11.9 Å². The highest BCUT2D eigenvalue weighted by Crippen LogP contribution is 2.23. The number of carbonyl (C=O) groups is 2. The van der Waals surface area contributed by atoms with Crippen molar-refractivity contribution in [2.45, 2.75) is 32.7 Å². The van der Waals surface area contributed by atoms with Crippen molar-refractivity contribution in [1.82, 2.24) is 4.90 Å². The number of carbonyl (C=O) groups excluding carboxylic acids is 1. The van der Waals surface area contributed by atoms with Crippen molar-refractivity contribution in [3.05, 3.63) is 0 Å². The van der Waals surface area contributed by atoms with Gasteiger partial charge < -0.3 is 14.7 Å². The summed E-state index contributed by atoms with van der Waals surface area (Å²) in [7, 11) is 0. The summed E-state index contributed by atoms with van der Waals surface area (Å²) < 4.78 is 5.05. The fourth-order valence-corrected chi connectivity index (χ4v) is 2.10. The zero-order valence-electron chi connectivity index (χ0n) is 9.81. The molecule has 0 aliphatic carbocycles. The van der Waals surface area contributed by atoms with Crippen LogP contribution in [0.4, 0.5) is 0 Å². The molecular weight excluding hydrogens is 210 g/mol. The smallest absolute Gasteiger partial charge is 0.308 e. The van der Waals surface area contributed by atoms with Gasteiger partial charge in [0.25, 0.3) is 0 Å². The summed E-state index contributed by atoms with van der Waals surface area (Å²) in [5.74, 6) is -1.37. The van der Waals surface area contributed by atoms with E-state index in [0.29, 0.717) is 19.6 Å². The number of carboxylic acids is 1. The Balaban J connectivity index is 2.59. The maximum atomic E-state index is 11.7. The first-order chi connectivity index (χ1) is 7.57. The van der Waals surface area contributed by atoms with Crippen LogP contribution in [0.5, 0.6) is 0 Å². The molecule has 1 fully saturated rings. The predicted octanol–water partition coefficient (Wildman–Crippen LogP) is 0.735. The lowest BCUT2D eigenvalue weighted by molar-refractivity contribution is -0.150. The van der Waals surface area contributed by atoms with Crippen LogP contribution in [0, 0.1) is 5.92 Å². The van der Waals surface area contributed by atoms with Crippen LogP contribution in [0.3, 0.4) is 0 Å². The van der Waals surface area contributed by atoms with Crippen LogP contribution in [-0.4, -0.2) is 47.7 Å². The van der Waals surface area contributed by atoms with E-state index < -0.39 is 11.9 Å². The lowest BCUT2D eigenvalue weighted by Crippen LogP contribution is -2.50. The average Bonchev–Trinajstić information content (AvgIpc) is 2.25. The molecule has 0 aromatic rings. The molecule has 2 atom stereocenters. The molecule has 0 spiro atoms. The minimum absolute atomic E-state index is 0.0488. The molecule has 0 unspecified atom stereocenters. The molecule has 1 amide bonds. The van der Waals surface area contributed by atoms with Gasteiger partial charge in [0.05, 0.1) is 5.92 Å². The fraction of sp³-hybridized carbons (Fsp3) is 0.818. The third-order valence-corrected chi connectivity index (χ3v) is 3.06. The molecule has 16 heavy (non-hydrogen) atoms. The van der Waals surface area contributed by atoms with Gasteiger partial charge in [0.1, 0.15) is 6.61 Å². The number of hydrogen-bond acceptors (Lipinski definition) is 3. The summed E-state index contributed by atoms with van der Waals surface area (Å²) in [6, 6.07) is -0.237. The van der Waals surface area contributed by atoms with Gasteiger partial charge in [0.2, 0.25) is 5.91 Å². The number of rotatable bonds is 4. The number of ether oxygens (including phenoxy) is 1. The highest BCUT2D eigenvalue weighted by Gasteiger charge is 2.34. The van der Waals surface area contributed by atoms with Crippen LogP contribution in [0.2, 0.25) is 0 Å². The van der Waals surface area contributed by atoms with E-state index in [9.17, 15) is 9.59 Å². The van der Waals surface area contributed by atoms with E-state index in [4.69, 9.17) is 9.84 Å². The number of amides is 1. The number of hydrogen-bond donors (Lipinski definition) is 1. The molecule has 92 valence electrons. The Labute approximate surface area is 95.4 Å². The van der Waals surface area contributed by atoms with Gasteiger partial charge in [0, 0.05) is 19.2 Å². The van der Waals surface area contributed by atoms with Crippen LogP contribution in [0.15, 0.2) is 0 Å². The SMILES string of the molecule is CCOCC(=O)N1CCC[C@H](C(=O)O)[C@@H]1C. The van der Waals surface area contributed by atoms with E-state index in [1.807, 2.05) is 6.92 Å². The van der Waals surface area contributed by atoms with Crippen molar-refractivity contribution in [2.24, 2.45) is 5.92 Å². The van der Waals surface area contributed by atoms with E-state index in [0.717, 1.165) is 6.42 Å². The van der Waals surface area contributed by atoms with Gasteiger partial charge in [0.15, 0.2) is 0 Å². The molecule has 1 N–H and O–H groups in total. The monoisotopic (exact) mass is 229 g/mol. The van der Waals surface area contributed by atoms with E-state index in [2.05, 4.69) is 0 Å². The van der Waals surface area contributed by atoms with Gasteiger partial charge >= 0.3 is 5.97 Å². The number of aliphatic carboxylic acids is 1.